The summed E-state index contributed by atoms with van der Waals surface area (Å²) < 4.78 is 34.0. The van der Waals surface area contributed by atoms with Crippen LogP contribution < -0.4 is 5.73 Å². The Hall–Kier alpha value is -3.49. The SMILES string of the molecule is C/C(=C\N)C(OCc1c(F)cccc1F)c1ccc(C#N)c(-c2ccccc2C)c1. The van der Waals surface area contributed by atoms with Crippen LogP contribution >= 0.6 is 0 Å². The lowest BCUT2D eigenvalue weighted by Gasteiger charge is -2.21. The van der Waals surface area contributed by atoms with E-state index >= 15 is 0 Å². The molecule has 0 bridgehead atoms. The first kappa shape index (κ1) is 21.2. The van der Waals surface area contributed by atoms with Gasteiger partial charge in [0.1, 0.15) is 17.7 Å². The standard InChI is InChI=1S/C25H22F2N2O/c1-16-6-3-4-7-20(16)21-12-18(10-11-19(21)14-29)25(17(2)13-28)30-15-22-23(26)8-5-9-24(22)27/h3-13,25H,15,28H2,1-2H3/b17-13+. The van der Waals surface area contributed by atoms with Crippen LogP contribution in [0.5, 0.6) is 0 Å². The number of benzene rings is 3. The minimum Gasteiger partial charge on any atom is -0.405 e. The van der Waals surface area contributed by atoms with Crippen molar-refractivity contribution in [2.45, 2.75) is 26.6 Å². The summed E-state index contributed by atoms with van der Waals surface area (Å²) in [6.07, 6.45) is 0.790. The Morgan fingerprint density at radius 3 is 2.40 bits per heavy atom. The van der Waals surface area contributed by atoms with Crippen LogP contribution in [0, 0.1) is 29.9 Å². The predicted molar refractivity (Wildman–Crippen MR) is 113 cm³/mol. The number of nitrogens with two attached hydrogens (primary N) is 1. The van der Waals surface area contributed by atoms with Crippen molar-refractivity contribution in [2.24, 2.45) is 5.73 Å². The third kappa shape index (κ3) is 4.40. The summed E-state index contributed by atoms with van der Waals surface area (Å²) in [5.41, 5.74) is 10.3. The summed E-state index contributed by atoms with van der Waals surface area (Å²) in [6.45, 7) is 3.51. The summed E-state index contributed by atoms with van der Waals surface area (Å²) in [5.74, 6) is -1.33. The first-order chi connectivity index (χ1) is 14.5. The zero-order valence-electron chi connectivity index (χ0n) is 16.8. The second-order valence-corrected chi connectivity index (χ2v) is 7.03. The van der Waals surface area contributed by atoms with E-state index < -0.39 is 17.7 Å². The second-order valence-electron chi connectivity index (χ2n) is 7.03. The summed E-state index contributed by atoms with van der Waals surface area (Å²) >= 11 is 0. The van der Waals surface area contributed by atoms with Crippen LogP contribution in [0.2, 0.25) is 0 Å². The van der Waals surface area contributed by atoms with Gasteiger partial charge in [-0.25, -0.2) is 8.78 Å². The van der Waals surface area contributed by atoms with Gasteiger partial charge in [0, 0.05) is 11.1 Å². The molecule has 0 amide bonds. The molecule has 3 aromatic rings. The Labute approximate surface area is 175 Å². The number of aryl methyl sites for hydroxylation is 1. The Bertz CT molecular complexity index is 1110. The van der Waals surface area contributed by atoms with Gasteiger partial charge < -0.3 is 10.5 Å². The van der Waals surface area contributed by atoms with Crippen LogP contribution in [-0.4, -0.2) is 0 Å². The monoisotopic (exact) mass is 404 g/mol. The molecule has 0 fully saturated rings. The molecule has 1 atom stereocenters. The molecule has 2 N–H and O–H groups in total. The van der Waals surface area contributed by atoms with Crippen LogP contribution in [0.15, 0.2) is 72.4 Å². The van der Waals surface area contributed by atoms with Gasteiger partial charge in [-0.3, -0.25) is 0 Å². The van der Waals surface area contributed by atoms with Crippen molar-refractivity contribution in [1.82, 2.24) is 0 Å². The number of halogens is 2. The van der Waals surface area contributed by atoms with Crippen LogP contribution in [-0.2, 0) is 11.3 Å². The van der Waals surface area contributed by atoms with Gasteiger partial charge in [0.2, 0.25) is 0 Å². The number of rotatable bonds is 6. The molecule has 0 aliphatic carbocycles. The highest BCUT2D eigenvalue weighted by Gasteiger charge is 2.19. The van der Waals surface area contributed by atoms with E-state index in [0.29, 0.717) is 11.1 Å². The van der Waals surface area contributed by atoms with Crippen LogP contribution in [0.3, 0.4) is 0 Å². The van der Waals surface area contributed by atoms with Gasteiger partial charge in [0.05, 0.1) is 18.2 Å². The number of nitriles is 1. The lowest BCUT2D eigenvalue weighted by atomic mass is 9.92. The molecule has 5 heteroatoms. The van der Waals surface area contributed by atoms with Crippen molar-refractivity contribution >= 4 is 0 Å². The lowest BCUT2D eigenvalue weighted by Crippen LogP contribution is -2.10. The highest BCUT2D eigenvalue weighted by Crippen LogP contribution is 2.33. The molecule has 152 valence electrons. The molecule has 3 rings (SSSR count). The Morgan fingerprint density at radius 2 is 1.77 bits per heavy atom. The average molecular weight is 404 g/mol. The predicted octanol–water partition coefficient (Wildman–Crippen LogP) is 5.93. The van der Waals surface area contributed by atoms with E-state index in [0.717, 1.165) is 22.3 Å². The Morgan fingerprint density at radius 1 is 1.07 bits per heavy atom. The normalized spacial score (nSPS) is 12.4. The summed E-state index contributed by atoms with van der Waals surface area (Å²) in [4.78, 5) is 0. The van der Waals surface area contributed by atoms with E-state index in [1.165, 1.54) is 24.4 Å². The average Bonchev–Trinajstić information content (AvgIpc) is 2.75. The molecule has 1 unspecified atom stereocenters. The third-order valence-electron chi connectivity index (χ3n) is 5.03. The van der Waals surface area contributed by atoms with Gasteiger partial charge in [0.25, 0.3) is 0 Å². The smallest absolute Gasteiger partial charge is 0.131 e. The molecule has 3 nitrogen and oxygen atoms in total. The topological polar surface area (TPSA) is 59.0 Å². The molecule has 0 saturated heterocycles. The first-order valence-electron chi connectivity index (χ1n) is 9.49. The van der Waals surface area contributed by atoms with Gasteiger partial charge in [-0.15, -0.1) is 0 Å². The minimum absolute atomic E-state index is 0.139. The molecule has 0 spiro atoms. The van der Waals surface area contributed by atoms with Crippen LogP contribution in [0.4, 0.5) is 8.78 Å². The van der Waals surface area contributed by atoms with Crippen molar-refractivity contribution in [1.29, 1.82) is 5.26 Å². The summed E-state index contributed by atoms with van der Waals surface area (Å²) in [6, 6.07) is 19.1. The van der Waals surface area contributed by atoms with Gasteiger partial charge in [-0.1, -0.05) is 36.4 Å². The zero-order valence-corrected chi connectivity index (χ0v) is 16.8. The van der Waals surface area contributed by atoms with E-state index in [1.54, 1.807) is 19.1 Å². The van der Waals surface area contributed by atoms with E-state index in [-0.39, 0.29) is 12.2 Å². The fraction of sp³-hybridized carbons (Fsp3) is 0.160. The largest absolute Gasteiger partial charge is 0.405 e. The zero-order chi connectivity index (χ0) is 21.7. The molecule has 0 aliphatic heterocycles. The minimum atomic E-state index is -0.663. The number of hydrogen-bond donors (Lipinski definition) is 1. The van der Waals surface area contributed by atoms with Gasteiger partial charge in [-0.05, 0) is 66.6 Å². The van der Waals surface area contributed by atoms with E-state index in [9.17, 15) is 14.0 Å². The highest BCUT2D eigenvalue weighted by atomic mass is 19.1. The molecular formula is C25H22F2N2O. The molecule has 0 aliphatic rings. The van der Waals surface area contributed by atoms with Crippen LogP contribution in [0.25, 0.3) is 11.1 Å². The van der Waals surface area contributed by atoms with Crippen molar-refractivity contribution < 1.29 is 13.5 Å². The molecule has 0 saturated carbocycles. The summed E-state index contributed by atoms with van der Waals surface area (Å²) in [5, 5.41) is 9.57. The maximum Gasteiger partial charge on any atom is 0.131 e. The third-order valence-corrected chi connectivity index (χ3v) is 5.03. The van der Waals surface area contributed by atoms with Crippen molar-refractivity contribution in [3.05, 3.63) is 106 Å². The van der Waals surface area contributed by atoms with E-state index in [4.69, 9.17) is 10.5 Å². The number of nitrogens with zero attached hydrogens (tertiary/aromatic N) is 1. The van der Waals surface area contributed by atoms with Crippen molar-refractivity contribution in [2.75, 3.05) is 0 Å². The number of ether oxygens (including phenoxy) is 1. The molecule has 30 heavy (non-hydrogen) atoms. The Balaban J connectivity index is 2.02. The lowest BCUT2D eigenvalue weighted by molar-refractivity contribution is 0.0601. The van der Waals surface area contributed by atoms with Crippen molar-refractivity contribution in [3.8, 4) is 17.2 Å². The maximum atomic E-state index is 14.0. The van der Waals surface area contributed by atoms with E-state index in [2.05, 4.69) is 6.07 Å². The molecule has 0 aromatic heterocycles. The van der Waals surface area contributed by atoms with Gasteiger partial charge in [-0.2, -0.15) is 5.26 Å². The maximum absolute atomic E-state index is 14.0. The van der Waals surface area contributed by atoms with E-state index in [1.807, 2.05) is 37.3 Å². The number of hydrogen-bond acceptors (Lipinski definition) is 3. The van der Waals surface area contributed by atoms with Crippen LogP contribution in [0.1, 0.15) is 35.3 Å². The summed E-state index contributed by atoms with van der Waals surface area (Å²) in [7, 11) is 0. The molecule has 3 aromatic carbocycles. The quantitative estimate of drug-likeness (QED) is 0.554. The van der Waals surface area contributed by atoms with Gasteiger partial charge >= 0.3 is 0 Å². The first-order valence-corrected chi connectivity index (χ1v) is 9.49. The van der Waals surface area contributed by atoms with Crippen molar-refractivity contribution in [3.63, 3.8) is 0 Å². The molecule has 0 radical (unpaired) electrons. The Kier molecular flexibility index (Phi) is 6.61. The fourth-order valence-corrected chi connectivity index (χ4v) is 3.34. The molecule has 0 heterocycles. The second kappa shape index (κ2) is 9.34. The van der Waals surface area contributed by atoms with Gasteiger partial charge in [0.15, 0.2) is 0 Å². The fourth-order valence-electron chi connectivity index (χ4n) is 3.34. The molecular weight excluding hydrogens is 382 g/mol. The highest BCUT2D eigenvalue weighted by molar-refractivity contribution is 5.74.